The maximum Gasteiger partial charge on any atom is 0.191 e. The van der Waals surface area contributed by atoms with Crippen LogP contribution in [0.4, 0.5) is 0 Å². The highest BCUT2D eigenvalue weighted by atomic mass is 127. The van der Waals surface area contributed by atoms with Crippen LogP contribution in [0.5, 0.6) is 5.75 Å². The molecule has 0 atom stereocenters. The summed E-state index contributed by atoms with van der Waals surface area (Å²) in [7, 11) is -2.96. The van der Waals surface area contributed by atoms with E-state index in [4.69, 9.17) is 9.73 Å². The third kappa shape index (κ3) is 12.6. The highest BCUT2D eigenvalue weighted by Gasteiger charge is 2.21. The lowest BCUT2D eigenvalue weighted by molar-refractivity contribution is 0.129. The summed E-state index contributed by atoms with van der Waals surface area (Å²) >= 11 is 0. The summed E-state index contributed by atoms with van der Waals surface area (Å²) in [4.78, 5) is 4.71. The quantitative estimate of drug-likeness (QED) is 0.271. The molecular weight excluding hydrogens is 513 g/mol. The van der Waals surface area contributed by atoms with Gasteiger partial charge in [0.1, 0.15) is 21.2 Å². The highest BCUT2D eigenvalue weighted by Crippen LogP contribution is 2.25. The van der Waals surface area contributed by atoms with E-state index in [1.165, 1.54) is 6.26 Å². The average molecular weight is 554 g/mol. The second-order valence-corrected chi connectivity index (χ2v) is 11.7. The molecule has 0 unspecified atom stereocenters. The molecule has 0 radical (unpaired) electrons. The number of hydrogen-bond acceptors (Lipinski definition) is 4. The molecule has 0 heterocycles. The van der Waals surface area contributed by atoms with Gasteiger partial charge in [0, 0.05) is 24.9 Å². The molecule has 0 saturated carbocycles. The Morgan fingerprint density at radius 2 is 1.77 bits per heavy atom. The van der Waals surface area contributed by atoms with Gasteiger partial charge in [-0.15, -0.1) is 24.0 Å². The molecule has 0 aliphatic heterocycles. The molecule has 30 heavy (non-hydrogen) atoms. The van der Waals surface area contributed by atoms with Crippen molar-refractivity contribution in [3.63, 3.8) is 0 Å². The molecule has 1 rings (SSSR count). The second kappa shape index (κ2) is 12.1. The Bertz CT molecular complexity index is 800. The predicted molar refractivity (Wildman–Crippen MR) is 138 cm³/mol. The number of benzene rings is 1. The fraction of sp³-hybridized carbons (Fsp3) is 0.682. The number of sulfone groups is 1. The number of rotatable bonds is 9. The minimum Gasteiger partial charge on any atom is -0.488 e. The molecular formula is C22H40IN3O3S. The summed E-state index contributed by atoms with van der Waals surface area (Å²) in [5, 5.41) is 6.61. The van der Waals surface area contributed by atoms with E-state index in [0.29, 0.717) is 25.5 Å². The van der Waals surface area contributed by atoms with Gasteiger partial charge >= 0.3 is 0 Å². The van der Waals surface area contributed by atoms with Gasteiger partial charge in [-0.05, 0) is 58.1 Å². The molecule has 0 saturated heterocycles. The molecule has 1 aromatic rings. The Labute approximate surface area is 200 Å². The summed E-state index contributed by atoms with van der Waals surface area (Å²) in [6, 6.07) is 6.17. The second-order valence-electron chi connectivity index (χ2n) is 9.42. The Hall–Kier alpha value is -1.03. The van der Waals surface area contributed by atoms with E-state index in [9.17, 15) is 8.42 Å². The number of aryl methyl sites for hydroxylation is 1. The van der Waals surface area contributed by atoms with E-state index in [1.807, 2.05) is 40.7 Å². The molecule has 0 bridgehead atoms. The number of ether oxygens (including phenoxy) is 1. The largest absolute Gasteiger partial charge is 0.488 e. The first-order valence-electron chi connectivity index (χ1n) is 10.2. The van der Waals surface area contributed by atoms with Crippen LogP contribution in [0.25, 0.3) is 0 Å². The summed E-state index contributed by atoms with van der Waals surface area (Å²) in [6.07, 6.45) is 1.88. The van der Waals surface area contributed by atoms with Crippen LogP contribution in [-0.2, 0) is 16.4 Å². The number of nitrogens with zero attached hydrogens (tertiary/aromatic N) is 1. The molecule has 0 amide bonds. The minimum atomic E-state index is -2.96. The Morgan fingerprint density at radius 3 is 2.30 bits per heavy atom. The van der Waals surface area contributed by atoms with Crippen LogP contribution in [0.3, 0.4) is 0 Å². The van der Waals surface area contributed by atoms with Crippen molar-refractivity contribution in [2.45, 2.75) is 67.0 Å². The summed E-state index contributed by atoms with van der Waals surface area (Å²) in [5.41, 5.74) is 1.73. The Morgan fingerprint density at radius 1 is 1.13 bits per heavy atom. The SMILES string of the molecule is CCNC(=NCc1ccc(C)cc1OC(C)(C)C)NCC(C)(C)CCS(C)(=O)=O.I. The molecule has 0 aliphatic carbocycles. The van der Waals surface area contributed by atoms with Crippen molar-refractivity contribution in [1.82, 2.24) is 10.6 Å². The summed E-state index contributed by atoms with van der Waals surface area (Å²) in [5.74, 6) is 1.75. The van der Waals surface area contributed by atoms with Gasteiger partial charge in [-0.2, -0.15) is 0 Å². The number of nitrogens with one attached hydrogen (secondary N) is 2. The van der Waals surface area contributed by atoms with Crippen molar-refractivity contribution < 1.29 is 13.2 Å². The first-order valence-corrected chi connectivity index (χ1v) is 12.3. The van der Waals surface area contributed by atoms with E-state index < -0.39 is 9.84 Å². The van der Waals surface area contributed by atoms with Crippen molar-refractivity contribution in [2.24, 2.45) is 10.4 Å². The van der Waals surface area contributed by atoms with Gasteiger partial charge in [-0.3, -0.25) is 0 Å². The smallest absolute Gasteiger partial charge is 0.191 e. The monoisotopic (exact) mass is 553 g/mol. The molecule has 0 spiro atoms. The zero-order valence-corrected chi connectivity index (χ0v) is 22.9. The molecule has 0 aromatic heterocycles. The number of aliphatic imine (C=N–C) groups is 1. The molecule has 2 N–H and O–H groups in total. The molecule has 6 nitrogen and oxygen atoms in total. The van der Waals surface area contributed by atoms with Gasteiger partial charge in [0.2, 0.25) is 0 Å². The minimum absolute atomic E-state index is 0. The van der Waals surface area contributed by atoms with Gasteiger partial charge in [-0.25, -0.2) is 13.4 Å². The first kappa shape index (κ1) is 29.0. The first-order chi connectivity index (χ1) is 13.2. The van der Waals surface area contributed by atoms with Crippen molar-refractivity contribution >= 4 is 39.8 Å². The van der Waals surface area contributed by atoms with Gasteiger partial charge in [0.05, 0.1) is 12.3 Å². The number of halogens is 1. The number of hydrogen-bond donors (Lipinski definition) is 2. The van der Waals surface area contributed by atoms with E-state index in [-0.39, 0.29) is 40.7 Å². The van der Waals surface area contributed by atoms with E-state index in [1.54, 1.807) is 0 Å². The Balaban J connectivity index is 0.00000841. The van der Waals surface area contributed by atoms with Gasteiger partial charge in [0.25, 0.3) is 0 Å². The van der Waals surface area contributed by atoms with Crippen molar-refractivity contribution in [2.75, 3.05) is 25.1 Å². The third-order valence-corrected chi connectivity index (χ3v) is 5.22. The van der Waals surface area contributed by atoms with Crippen LogP contribution in [0.15, 0.2) is 23.2 Å². The van der Waals surface area contributed by atoms with Gasteiger partial charge < -0.3 is 15.4 Å². The standard InChI is InChI=1S/C22H39N3O3S.HI/c1-9-23-20(25-16-22(6,7)12-13-29(8,26)27)24-15-18-11-10-17(2)14-19(18)28-21(3,4)5;/h10-11,14H,9,12-13,15-16H2,1-8H3,(H2,23,24,25);1H. The maximum atomic E-state index is 11.5. The van der Waals surface area contributed by atoms with Crippen LogP contribution in [0, 0.1) is 12.3 Å². The molecule has 0 aliphatic rings. The zero-order valence-electron chi connectivity index (χ0n) is 19.8. The fourth-order valence-electron chi connectivity index (χ4n) is 2.60. The molecule has 1 aromatic carbocycles. The van der Waals surface area contributed by atoms with Gasteiger partial charge in [-0.1, -0.05) is 26.0 Å². The lowest BCUT2D eigenvalue weighted by Gasteiger charge is -2.26. The van der Waals surface area contributed by atoms with Crippen LogP contribution in [0.1, 0.15) is 59.1 Å². The van der Waals surface area contributed by atoms with E-state index >= 15 is 0 Å². The molecule has 0 fully saturated rings. The van der Waals surface area contributed by atoms with Crippen LogP contribution < -0.4 is 15.4 Å². The number of guanidine groups is 1. The van der Waals surface area contributed by atoms with Crippen molar-refractivity contribution in [1.29, 1.82) is 0 Å². The Kier molecular flexibility index (Phi) is 11.7. The highest BCUT2D eigenvalue weighted by molar-refractivity contribution is 14.0. The van der Waals surface area contributed by atoms with Crippen molar-refractivity contribution in [3.8, 4) is 5.75 Å². The summed E-state index contributed by atoms with van der Waals surface area (Å²) in [6.45, 7) is 16.2. The lowest BCUT2D eigenvalue weighted by Crippen LogP contribution is -2.42. The van der Waals surface area contributed by atoms with Gasteiger partial charge in [0.15, 0.2) is 5.96 Å². The maximum absolute atomic E-state index is 11.5. The topological polar surface area (TPSA) is 79.8 Å². The lowest BCUT2D eigenvalue weighted by atomic mass is 9.90. The van der Waals surface area contributed by atoms with E-state index in [0.717, 1.165) is 23.4 Å². The zero-order chi connectivity index (χ0) is 22.3. The van der Waals surface area contributed by atoms with Crippen molar-refractivity contribution in [3.05, 3.63) is 29.3 Å². The fourth-order valence-corrected chi connectivity index (χ4v) is 3.52. The van der Waals surface area contributed by atoms with Crippen LogP contribution in [-0.4, -0.2) is 45.1 Å². The van der Waals surface area contributed by atoms with Crippen LogP contribution in [0.2, 0.25) is 0 Å². The molecule has 174 valence electrons. The average Bonchev–Trinajstić information content (AvgIpc) is 2.55. The summed E-state index contributed by atoms with van der Waals surface area (Å²) < 4.78 is 29.0. The normalized spacial score (nSPS) is 12.9. The van der Waals surface area contributed by atoms with E-state index in [2.05, 4.69) is 36.6 Å². The third-order valence-electron chi connectivity index (χ3n) is 4.27. The predicted octanol–water partition coefficient (Wildman–Crippen LogP) is 4.31. The molecule has 8 heteroatoms. The van der Waals surface area contributed by atoms with Crippen LogP contribution >= 0.6 is 24.0 Å².